The molecule has 4 nitrogen and oxygen atoms in total. The third-order valence-corrected chi connectivity index (χ3v) is 6.01. The molecule has 0 aliphatic rings. The van der Waals surface area contributed by atoms with E-state index < -0.39 is 17.9 Å². The van der Waals surface area contributed by atoms with Gasteiger partial charge in [-0.3, -0.25) is 9.59 Å². The second kappa shape index (κ2) is 20.5. The Morgan fingerprint density at radius 2 is 1.33 bits per heavy atom. The number of aliphatic carboxylic acids is 1. The van der Waals surface area contributed by atoms with Gasteiger partial charge in [0.15, 0.2) is 0 Å². The predicted octanol–water partition coefficient (Wildman–Crippen LogP) is 8.25. The third kappa shape index (κ3) is 17.1. The first-order valence-corrected chi connectivity index (χ1v) is 13.2. The normalized spacial score (nSPS) is 12.2. The highest BCUT2D eigenvalue weighted by atomic mass is 16.5. The fraction of sp³-hybridized carbons (Fsp3) is 0.655. The zero-order chi connectivity index (χ0) is 24.0. The molecule has 186 valence electrons. The highest BCUT2D eigenvalue weighted by molar-refractivity contribution is 5.80. The van der Waals surface area contributed by atoms with Gasteiger partial charge in [0, 0.05) is 0 Å². The molecule has 1 aromatic carbocycles. The third-order valence-electron chi connectivity index (χ3n) is 6.01. The number of carbonyl (C=O) groups excluding carboxylic acids is 1. The van der Waals surface area contributed by atoms with Crippen molar-refractivity contribution in [2.24, 2.45) is 5.92 Å². The highest BCUT2D eigenvalue weighted by Gasteiger charge is 2.20. The molecule has 1 rings (SSSR count). The number of benzene rings is 1. The zero-order valence-corrected chi connectivity index (χ0v) is 20.8. The van der Waals surface area contributed by atoms with Crippen LogP contribution in [0.1, 0.15) is 115 Å². The molecule has 0 aliphatic carbocycles. The van der Waals surface area contributed by atoms with Crippen LogP contribution in [0, 0.1) is 5.92 Å². The molecule has 0 radical (unpaired) electrons. The molecule has 4 heteroatoms. The van der Waals surface area contributed by atoms with Crippen LogP contribution in [0.3, 0.4) is 0 Å². The molecule has 1 N–H and O–H groups in total. The summed E-state index contributed by atoms with van der Waals surface area (Å²) >= 11 is 0. The lowest BCUT2D eigenvalue weighted by molar-refractivity contribution is -0.152. The van der Waals surface area contributed by atoms with Gasteiger partial charge in [-0.1, -0.05) is 133 Å². The van der Waals surface area contributed by atoms with Gasteiger partial charge in [-0.05, 0) is 18.4 Å². The molecule has 0 fully saturated rings. The number of hydrogen-bond acceptors (Lipinski definition) is 3. The average Bonchev–Trinajstić information content (AvgIpc) is 2.82. The number of rotatable bonds is 21. The fourth-order valence-corrected chi connectivity index (χ4v) is 3.97. The van der Waals surface area contributed by atoms with E-state index in [1.807, 2.05) is 36.4 Å². The van der Waals surface area contributed by atoms with E-state index in [-0.39, 0.29) is 13.0 Å². The van der Waals surface area contributed by atoms with Crippen molar-refractivity contribution in [3.8, 4) is 0 Å². The van der Waals surface area contributed by atoms with Gasteiger partial charge in [0.05, 0.1) is 12.3 Å². The molecule has 1 atom stereocenters. The summed E-state index contributed by atoms with van der Waals surface area (Å²) in [4.78, 5) is 23.4. The minimum atomic E-state index is -0.988. The van der Waals surface area contributed by atoms with Crippen molar-refractivity contribution in [3.05, 3.63) is 48.0 Å². The summed E-state index contributed by atoms with van der Waals surface area (Å²) in [7, 11) is 0. The Bertz CT molecular complexity index is 638. The van der Waals surface area contributed by atoms with Crippen molar-refractivity contribution >= 4 is 11.9 Å². The molecule has 1 aromatic rings. The van der Waals surface area contributed by atoms with E-state index in [2.05, 4.69) is 6.92 Å². The maximum Gasteiger partial charge on any atom is 0.313 e. The van der Waals surface area contributed by atoms with Crippen LogP contribution >= 0.6 is 0 Å². The predicted molar refractivity (Wildman–Crippen MR) is 136 cm³/mol. The average molecular weight is 459 g/mol. The van der Waals surface area contributed by atoms with Gasteiger partial charge in [-0.2, -0.15) is 0 Å². The zero-order valence-electron chi connectivity index (χ0n) is 20.8. The molecule has 0 amide bonds. The first-order chi connectivity index (χ1) is 16.1. The van der Waals surface area contributed by atoms with E-state index >= 15 is 0 Å². The van der Waals surface area contributed by atoms with Gasteiger partial charge in [-0.15, -0.1) is 0 Å². The van der Waals surface area contributed by atoms with Gasteiger partial charge in [0.1, 0.15) is 6.61 Å². The number of allylic oxidation sites excluding steroid dienone is 1. The second-order valence-corrected chi connectivity index (χ2v) is 9.11. The summed E-state index contributed by atoms with van der Waals surface area (Å²) in [5, 5.41) is 9.11. The molecule has 0 aliphatic heterocycles. The molecule has 0 aromatic heterocycles. The summed E-state index contributed by atoms with van der Waals surface area (Å²) in [5.74, 6) is -2.19. The molecule has 0 spiro atoms. The van der Waals surface area contributed by atoms with Crippen molar-refractivity contribution in [2.45, 2.75) is 116 Å². The van der Waals surface area contributed by atoms with Gasteiger partial charge in [0.25, 0.3) is 0 Å². The summed E-state index contributed by atoms with van der Waals surface area (Å²) < 4.78 is 5.32. The number of carboxylic acid groups (broad SMARTS) is 1. The van der Waals surface area contributed by atoms with Crippen LogP contribution in [0.25, 0.3) is 0 Å². The fourth-order valence-electron chi connectivity index (χ4n) is 3.97. The van der Waals surface area contributed by atoms with E-state index in [9.17, 15) is 9.59 Å². The van der Waals surface area contributed by atoms with Gasteiger partial charge < -0.3 is 9.84 Å². The number of esters is 1. The Morgan fingerprint density at radius 1 is 0.818 bits per heavy atom. The summed E-state index contributed by atoms with van der Waals surface area (Å²) in [5.41, 5.74) is 0.895. The molecule has 1 unspecified atom stereocenters. The van der Waals surface area contributed by atoms with Crippen LogP contribution in [0.4, 0.5) is 0 Å². The van der Waals surface area contributed by atoms with Crippen LogP contribution < -0.4 is 0 Å². The Labute approximate surface area is 201 Å². The minimum Gasteiger partial charge on any atom is -0.481 e. The van der Waals surface area contributed by atoms with Crippen LogP contribution in [0.2, 0.25) is 0 Å². The molecular formula is C29H46O4. The maximum absolute atomic E-state index is 12.3. The van der Waals surface area contributed by atoms with Crippen molar-refractivity contribution in [3.63, 3.8) is 0 Å². The van der Waals surface area contributed by atoms with E-state index in [0.717, 1.165) is 18.4 Å². The summed E-state index contributed by atoms with van der Waals surface area (Å²) in [6.45, 7) is 2.43. The topological polar surface area (TPSA) is 63.6 Å². The molecular weight excluding hydrogens is 412 g/mol. The Kier molecular flexibility index (Phi) is 18.0. The Balaban J connectivity index is 2.07. The Hall–Kier alpha value is -2.10. The SMILES string of the molecule is CCCCCCCCCCCCCCCCC=CC(CC(=O)O)C(=O)OCc1ccccc1. The number of hydrogen-bond donors (Lipinski definition) is 1. The summed E-state index contributed by atoms with van der Waals surface area (Å²) in [6.07, 6.45) is 22.9. The van der Waals surface area contributed by atoms with Gasteiger partial charge in [-0.25, -0.2) is 0 Å². The molecule has 0 heterocycles. The standard InChI is InChI=1S/C29H46O4/c1-2-3-4-5-6-7-8-9-10-11-12-13-14-15-16-20-23-27(24-28(30)31)29(32)33-25-26-21-18-17-19-22-26/h17-23,27H,2-16,24-25H2,1H3,(H,30,31). The number of unbranched alkanes of at least 4 members (excludes halogenated alkanes) is 14. The Morgan fingerprint density at radius 3 is 1.85 bits per heavy atom. The second-order valence-electron chi connectivity index (χ2n) is 9.11. The number of ether oxygens (including phenoxy) is 1. The van der Waals surface area contributed by atoms with Crippen LogP contribution in [0.15, 0.2) is 42.5 Å². The summed E-state index contributed by atoms with van der Waals surface area (Å²) in [6, 6.07) is 9.43. The molecule has 33 heavy (non-hydrogen) atoms. The number of carboxylic acids is 1. The highest BCUT2D eigenvalue weighted by Crippen LogP contribution is 2.15. The van der Waals surface area contributed by atoms with Crippen LogP contribution in [-0.2, 0) is 20.9 Å². The van der Waals surface area contributed by atoms with E-state index in [1.165, 1.54) is 83.5 Å². The smallest absolute Gasteiger partial charge is 0.313 e. The van der Waals surface area contributed by atoms with Crippen molar-refractivity contribution in [2.75, 3.05) is 0 Å². The van der Waals surface area contributed by atoms with Crippen LogP contribution in [0.5, 0.6) is 0 Å². The maximum atomic E-state index is 12.3. The minimum absolute atomic E-state index is 0.169. The van der Waals surface area contributed by atoms with Crippen molar-refractivity contribution in [1.82, 2.24) is 0 Å². The van der Waals surface area contributed by atoms with Gasteiger partial charge in [0.2, 0.25) is 0 Å². The van der Waals surface area contributed by atoms with Crippen molar-refractivity contribution in [1.29, 1.82) is 0 Å². The first kappa shape index (κ1) is 28.9. The molecule has 0 saturated carbocycles. The molecule has 0 bridgehead atoms. The van der Waals surface area contributed by atoms with E-state index in [0.29, 0.717) is 0 Å². The first-order valence-electron chi connectivity index (χ1n) is 13.2. The monoisotopic (exact) mass is 458 g/mol. The lowest BCUT2D eigenvalue weighted by Crippen LogP contribution is -2.19. The lowest BCUT2D eigenvalue weighted by atomic mass is 10.0. The van der Waals surface area contributed by atoms with E-state index in [4.69, 9.17) is 9.84 Å². The molecule has 0 saturated heterocycles. The number of carbonyl (C=O) groups is 2. The van der Waals surface area contributed by atoms with E-state index in [1.54, 1.807) is 6.08 Å². The van der Waals surface area contributed by atoms with Crippen molar-refractivity contribution < 1.29 is 19.4 Å². The van der Waals surface area contributed by atoms with Crippen LogP contribution in [-0.4, -0.2) is 17.0 Å². The quantitative estimate of drug-likeness (QED) is 0.114. The lowest BCUT2D eigenvalue weighted by Gasteiger charge is -2.11. The van der Waals surface area contributed by atoms with Gasteiger partial charge >= 0.3 is 11.9 Å². The largest absolute Gasteiger partial charge is 0.481 e.